The standard InChI is InChI=1S/C14H14ClFN2O2S/c1-8-3-4-10(15)13(5-8)18-21(19,20)14-7-12(17)9(2)6-11(14)16/h3-7,18H,17H2,1-2H3. The van der Waals surface area contributed by atoms with Crippen LogP contribution in [0.4, 0.5) is 15.8 Å². The van der Waals surface area contributed by atoms with Crippen LogP contribution in [0.1, 0.15) is 11.1 Å². The molecule has 0 aliphatic heterocycles. The summed E-state index contributed by atoms with van der Waals surface area (Å²) >= 11 is 5.94. The van der Waals surface area contributed by atoms with Gasteiger partial charge in [-0.1, -0.05) is 17.7 Å². The number of sulfonamides is 1. The number of nitrogens with one attached hydrogen (secondary N) is 1. The van der Waals surface area contributed by atoms with E-state index < -0.39 is 20.7 Å². The third-order valence-electron chi connectivity index (χ3n) is 2.98. The highest BCUT2D eigenvalue weighted by molar-refractivity contribution is 7.92. The highest BCUT2D eigenvalue weighted by atomic mass is 35.5. The molecule has 7 heteroatoms. The average molecular weight is 329 g/mol. The van der Waals surface area contributed by atoms with Gasteiger partial charge < -0.3 is 5.73 Å². The number of halogens is 2. The lowest BCUT2D eigenvalue weighted by atomic mass is 10.2. The number of nitrogen functional groups attached to an aromatic ring is 1. The number of hydrogen-bond donors (Lipinski definition) is 2. The van der Waals surface area contributed by atoms with Crippen LogP contribution in [0.3, 0.4) is 0 Å². The molecular formula is C14H14ClFN2O2S. The average Bonchev–Trinajstić information content (AvgIpc) is 2.37. The van der Waals surface area contributed by atoms with Crippen molar-refractivity contribution in [3.63, 3.8) is 0 Å². The Bertz CT molecular complexity index is 807. The minimum Gasteiger partial charge on any atom is -0.398 e. The van der Waals surface area contributed by atoms with E-state index in [0.717, 1.165) is 17.7 Å². The van der Waals surface area contributed by atoms with Gasteiger partial charge in [-0.3, -0.25) is 4.72 Å². The first-order valence-corrected chi connectivity index (χ1v) is 7.91. The van der Waals surface area contributed by atoms with Crippen LogP contribution >= 0.6 is 11.6 Å². The van der Waals surface area contributed by atoms with E-state index >= 15 is 0 Å². The normalized spacial score (nSPS) is 11.4. The van der Waals surface area contributed by atoms with Gasteiger partial charge in [0.15, 0.2) is 0 Å². The zero-order valence-electron chi connectivity index (χ0n) is 11.4. The van der Waals surface area contributed by atoms with Crippen LogP contribution < -0.4 is 10.5 Å². The molecule has 2 aromatic rings. The van der Waals surface area contributed by atoms with Gasteiger partial charge in [0, 0.05) is 5.69 Å². The zero-order valence-corrected chi connectivity index (χ0v) is 13.0. The van der Waals surface area contributed by atoms with E-state index in [1.54, 1.807) is 32.0 Å². The lowest BCUT2D eigenvalue weighted by Crippen LogP contribution is -2.15. The molecule has 0 fully saturated rings. The number of hydrogen-bond acceptors (Lipinski definition) is 3. The lowest BCUT2D eigenvalue weighted by Gasteiger charge is -2.12. The van der Waals surface area contributed by atoms with Crippen LogP contribution in [-0.2, 0) is 10.0 Å². The maximum absolute atomic E-state index is 13.9. The summed E-state index contributed by atoms with van der Waals surface area (Å²) in [4.78, 5) is -0.511. The monoisotopic (exact) mass is 328 g/mol. The molecule has 0 saturated carbocycles. The first-order valence-electron chi connectivity index (χ1n) is 6.05. The summed E-state index contributed by atoms with van der Waals surface area (Å²) in [6.45, 7) is 3.39. The van der Waals surface area contributed by atoms with E-state index in [1.807, 2.05) is 0 Å². The molecule has 2 rings (SSSR count). The fourth-order valence-corrected chi connectivity index (χ4v) is 3.18. The smallest absolute Gasteiger partial charge is 0.264 e. The van der Waals surface area contributed by atoms with Crippen LogP contribution in [0.15, 0.2) is 35.2 Å². The molecule has 0 heterocycles. The lowest BCUT2D eigenvalue weighted by molar-refractivity contribution is 0.570. The van der Waals surface area contributed by atoms with Crippen molar-refractivity contribution >= 4 is 33.0 Å². The van der Waals surface area contributed by atoms with Gasteiger partial charge in [0.05, 0.1) is 10.7 Å². The molecular weight excluding hydrogens is 315 g/mol. The summed E-state index contributed by atoms with van der Waals surface area (Å²) in [5.74, 6) is -0.863. The molecule has 0 bridgehead atoms. The Kier molecular flexibility index (Phi) is 4.11. The Labute approximate surface area is 127 Å². The zero-order chi connectivity index (χ0) is 15.8. The molecule has 3 N–H and O–H groups in total. The molecule has 0 atom stereocenters. The van der Waals surface area contributed by atoms with Crippen molar-refractivity contribution in [3.05, 3.63) is 52.3 Å². The van der Waals surface area contributed by atoms with Gasteiger partial charge in [-0.15, -0.1) is 0 Å². The van der Waals surface area contributed by atoms with Crippen molar-refractivity contribution in [1.29, 1.82) is 0 Å². The quantitative estimate of drug-likeness (QED) is 0.847. The van der Waals surface area contributed by atoms with E-state index in [-0.39, 0.29) is 16.4 Å². The predicted molar refractivity (Wildman–Crippen MR) is 82.5 cm³/mol. The first-order chi connectivity index (χ1) is 9.70. The van der Waals surface area contributed by atoms with Crippen molar-refractivity contribution in [2.24, 2.45) is 0 Å². The van der Waals surface area contributed by atoms with Gasteiger partial charge in [0.1, 0.15) is 10.7 Å². The number of aryl methyl sites for hydroxylation is 2. The number of rotatable bonds is 3. The number of benzene rings is 2. The molecule has 21 heavy (non-hydrogen) atoms. The molecule has 4 nitrogen and oxygen atoms in total. The Morgan fingerprint density at radius 2 is 1.86 bits per heavy atom. The summed E-state index contributed by atoms with van der Waals surface area (Å²) in [5.41, 5.74) is 7.33. The second kappa shape index (κ2) is 5.54. The van der Waals surface area contributed by atoms with Crippen molar-refractivity contribution in [3.8, 4) is 0 Å². The first kappa shape index (κ1) is 15.6. The van der Waals surface area contributed by atoms with E-state index in [2.05, 4.69) is 4.72 Å². The molecule has 2 aromatic carbocycles. The van der Waals surface area contributed by atoms with Crippen molar-refractivity contribution < 1.29 is 12.8 Å². The van der Waals surface area contributed by atoms with Gasteiger partial charge in [-0.25, -0.2) is 12.8 Å². The fraction of sp³-hybridized carbons (Fsp3) is 0.143. The Hall–Kier alpha value is -1.79. The SMILES string of the molecule is Cc1ccc(Cl)c(NS(=O)(=O)c2cc(N)c(C)cc2F)c1. The van der Waals surface area contributed by atoms with Gasteiger partial charge in [0.2, 0.25) is 0 Å². The van der Waals surface area contributed by atoms with Gasteiger partial charge >= 0.3 is 0 Å². The van der Waals surface area contributed by atoms with E-state index in [9.17, 15) is 12.8 Å². The Balaban J connectivity index is 2.48. The van der Waals surface area contributed by atoms with Crippen LogP contribution in [-0.4, -0.2) is 8.42 Å². The van der Waals surface area contributed by atoms with Gasteiger partial charge in [-0.2, -0.15) is 0 Å². The van der Waals surface area contributed by atoms with Crippen LogP contribution in [0.25, 0.3) is 0 Å². The molecule has 0 aliphatic rings. The molecule has 0 saturated heterocycles. The second-order valence-electron chi connectivity index (χ2n) is 4.73. The molecule has 0 amide bonds. The largest absolute Gasteiger partial charge is 0.398 e. The summed E-state index contributed by atoms with van der Waals surface area (Å²) in [5, 5.41) is 0.227. The third-order valence-corrected chi connectivity index (χ3v) is 4.69. The number of nitrogens with two attached hydrogens (primary N) is 1. The van der Waals surface area contributed by atoms with Gasteiger partial charge in [-0.05, 0) is 49.2 Å². The predicted octanol–water partition coefficient (Wildman–Crippen LogP) is 3.48. The molecule has 0 spiro atoms. The van der Waals surface area contributed by atoms with Crippen LogP contribution in [0.2, 0.25) is 5.02 Å². The summed E-state index contributed by atoms with van der Waals surface area (Å²) in [7, 11) is -4.11. The molecule has 0 unspecified atom stereocenters. The van der Waals surface area contributed by atoms with E-state index in [0.29, 0.717) is 5.56 Å². The summed E-state index contributed by atoms with van der Waals surface area (Å²) in [6, 6.07) is 7.05. The maximum Gasteiger partial charge on any atom is 0.264 e. The highest BCUT2D eigenvalue weighted by Crippen LogP contribution is 2.28. The summed E-state index contributed by atoms with van der Waals surface area (Å²) in [6.07, 6.45) is 0. The van der Waals surface area contributed by atoms with Crippen molar-refractivity contribution in [2.75, 3.05) is 10.5 Å². The third kappa shape index (κ3) is 3.28. The van der Waals surface area contributed by atoms with Crippen LogP contribution in [0.5, 0.6) is 0 Å². The van der Waals surface area contributed by atoms with E-state index in [4.69, 9.17) is 17.3 Å². The van der Waals surface area contributed by atoms with Crippen molar-refractivity contribution in [1.82, 2.24) is 0 Å². The minimum atomic E-state index is -4.11. The van der Waals surface area contributed by atoms with Crippen molar-refractivity contribution in [2.45, 2.75) is 18.7 Å². The maximum atomic E-state index is 13.9. The minimum absolute atomic E-state index is 0.190. The molecule has 0 radical (unpaired) electrons. The molecule has 0 aromatic heterocycles. The summed E-state index contributed by atoms with van der Waals surface area (Å²) < 4.78 is 40.7. The molecule has 112 valence electrons. The topological polar surface area (TPSA) is 72.2 Å². The van der Waals surface area contributed by atoms with E-state index in [1.165, 1.54) is 0 Å². The fourth-order valence-electron chi connectivity index (χ4n) is 1.79. The molecule has 0 aliphatic carbocycles. The Morgan fingerprint density at radius 1 is 1.19 bits per heavy atom. The Morgan fingerprint density at radius 3 is 2.52 bits per heavy atom. The van der Waals surface area contributed by atoms with Crippen LogP contribution in [0, 0.1) is 19.7 Å². The van der Waals surface area contributed by atoms with Gasteiger partial charge in [0.25, 0.3) is 10.0 Å². The highest BCUT2D eigenvalue weighted by Gasteiger charge is 2.21. The number of anilines is 2. The second-order valence-corrected chi connectivity index (χ2v) is 6.79.